The number of aliphatic hydroxyl groups is 2. The summed E-state index contributed by atoms with van der Waals surface area (Å²) < 4.78 is 44.8. The maximum atomic E-state index is 13.2. The molecule has 0 radical (unpaired) electrons. The number of amides is 3. The van der Waals surface area contributed by atoms with E-state index in [1.165, 1.54) is 0 Å². The Balaban J connectivity index is 1.74. The number of alkyl halides is 3. The molecule has 2 unspecified atom stereocenters. The zero-order valence-corrected chi connectivity index (χ0v) is 16.1. The van der Waals surface area contributed by atoms with E-state index in [2.05, 4.69) is 16.0 Å². The van der Waals surface area contributed by atoms with Gasteiger partial charge in [0.1, 0.15) is 0 Å². The highest BCUT2D eigenvalue weighted by atomic mass is 19.4. The van der Waals surface area contributed by atoms with Gasteiger partial charge in [0.25, 0.3) is 5.91 Å². The molecule has 3 amide bonds. The smallest absolute Gasteiger partial charge is 0.416 e. The van der Waals surface area contributed by atoms with Crippen LogP contribution in [0.3, 0.4) is 0 Å². The molecule has 0 saturated carbocycles. The average molecular weight is 439 g/mol. The number of rotatable bonds is 6. The van der Waals surface area contributed by atoms with E-state index in [4.69, 9.17) is 4.74 Å². The van der Waals surface area contributed by atoms with Gasteiger partial charge >= 0.3 is 12.2 Å². The van der Waals surface area contributed by atoms with Gasteiger partial charge in [0.2, 0.25) is 0 Å². The van der Waals surface area contributed by atoms with Crippen LogP contribution in [0.5, 0.6) is 5.75 Å². The van der Waals surface area contributed by atoms with E-state index >= 15 is 0 Å². The number of nitrogens with one attached hydrogen (secondary N) is 3. The van der Waals surface area contributed by atoms with Gasteiger partial charge in [0.15, 0.2) is 12.4 Å². The van der Waals surface area contributed by atoms with Crippen LogP contribution in [0.1, 0.15) is 23.7 Å². The minimum Gasteiger partial charge on any atom is -0.479 e. The molecule has 1 aliphatic heterocycles. The Hall–Kier alpha value is -3.31. The molecule has 8 nitrogen and oxygen atoms in total. The van der Waals surface area contributed by atoms with Crippen molar-refractivity contribution in [2.45, 2.75) is 24.7 Å². The molecule has 0 spiro atoms. The van der Waals surface area contributed by atoms with E-state index in [0.29, 0.717) is 17.7 Å². The molecule has 2 aromatic carbocycles. The molecule has 0 aromatic heterocycles. The monoisotopic (exact) mass is 439 g/mol. The highest BCUT2D eigenvalue weighted by molar-refractivity contribution is 6.00. The third-order valence-corrected chi connectivity index (χ3v) is 4.53. The van der Waals surface area contributed by atoms with E-state index in [9.17, 15) is 33.0 Å². The molecule has 5 N–H and O–H groups in total. The van der Waals surface area contributed by atoms with Crippen LogP contribution < -0.4 is 20.7 Å². The fourth-order valence-corrected chi connectivity index (χ4v) is 3.06. The van der Waals surface area contributed by atoms with Gasteiger partial charge < -0.3 is 30.9 Å². The molecule has 11 heteroatoms. The molecular weight excluding hydrogens is 419 g/mol. The standard InChI is InChI=1S/C20H20F3N3O5/c21-20(22,23)12-6-14-18(31-10-17(29)25-14)15(7-12)26-19(30)24-13(9-27)8-16(28)11-4-2-1-3-5-11/h1-7,13,16,27-28H,8-10H2,(H,25,29)(H2,24,26,30). The number of hydrogen-bond acceptors (Lipinski definition) is 5. The number of halogens is 3. The maximum Gasteiger partial charge on any atom is 0.416 e. The topological polar surface area (TPSA) is 120 Å². The second-order valence-electron chi connectivity index (χ2n) is 6.88. The summed E-state index contributed by atoms with van der Waals surface area (Å²) in [6.45, 7) is -0.929. The number of anilines is 2. The number of urea groups is 1. The van der Waals surface area contributed by atoms with Crippen molar-refractivity contribution in [2.24, 2.45) is 0 Å². The lowest BCUT2D eigenvalue weighted by Gasteiger charge is -2.24. The van der Waals surface area contributed by atoms with Crippen LogP contribution in [0, 0.1) is 0 Å². The van der Waals surface area contributed by atoms with Gasteiger partial charge in [-0.2, -0.15) is 13.2 Å². The fourth-order valence-electron chi connectivity index (χ4n) is 3.06. The van der Waals surface area contributed by atoms with Gasteiger partial charge in [-0.25, -0.2) is 4.79 Å². The van der Waals surface area contributed by atoms with E-state index < -0.39 is 49.0 Å². The van der Waals surface area contributed by atoms with Crippen LogP contribution in [0.25, 0.3) is 0 Å². The molecule has 31 heavy (non-hydrogen) atoms. The van der Waals surface area contributed by atoms with Crippen molar-refractivity contribution in [3.8, 4) is 5.75 Å². The highest BCUT2D eigenvalue weighted by Crippen LogP contribution is 2.42. The fraction of sp³-hybridized carbons (Fsp3) is 0.300. The Kier molecular flexibility index (Phi) is 6.66. The largest absolute Gasteiger partial charge is 0.479 e. The molecule has 0 saturated heterocycles. The first kappa shape index (κ1) is 22.4. The second-order valence-corrected chi connectivity index (χ2v) is 6.88. The summed E-state index contributed by atoms with van der Waals surface area (Å²) in [7, 11) is 0. The summed E-state index contributed by atoms with van der Waals surface area (Å²) in [6, 6.07) is 8.18. The van der Waals surface area contributed by atoms with Crippen LogP contribution in [0.4, 0.5) is 29.3 Å². The first-order valence-electron chi connectivity index (χ1n) is 9.26. The van der Waals surface area contributed by atoms with Crippen molar-refractivity contribution >= 4 is 23.3 Å². The molecule has 166 valence electrons. The van der Waals surface area contributed by atoms with Crippen molar-refractivity contribution in [3.63, 3.8) is 0 Å². The van der Waals surface area contributed by atoms with Crippen molar-refractivity contribution < 1.29 is 37.7 Å². The molecule has 0 fully saturated rings. The van der Waals surface area contributed by atoms with Crippen molar-refractivity contribution in [1.82, 2.24) is 5.32 Å². The summed E-state index contributed by atoms with van der Waals surface area (Å²) >= 11 is 0. The summed E-state index contributed by atoms with van der Waals surface area (Å²) in [6.07, 6.45) is -5.72. The molecule has 2 aromatic rings. The normalized spacial score (nSPS) is 15.2. The Morgan fingerprint density at radius 2 is 1.94 bits per heavy atom. The Bertz CT molecular complexity index is 953. The van der Waals surface area contributed by atoms with Crippen LogP contribution in [0.15, 0.2) is 42.5 Å². The molecule has 0 bridgehead atoms. The lowest BCUT2D eigenvalue weighted by Crippen LogP contribution is -2.41. The third kappa shape index (κ3) is 5.64. The Labute approximate surface area is 175 Å². The van der Waals surface area contributed by atoms with Crippen LogP contribution in [-0.4, -0.2) is 41.4 Å². The zero-order chi connectivity index (χ0) is 22.6. The number of hydrogen-bond donors (Lipinski definition) is 5. The Morgan fingerprint density at radius 1 is 1.23 bits per heavy atom. The summed E-state index contributed by atoms with van der Waals surface area (Å²) in [5.41, 5.74) is -1.04. The first-order valence-corrected chi connectivity index (χ1v) is 9.26. The van der Waals surface area contributed by atoms with Gasteiger partial charge in [-0.15, -0.1) is 0 Å². The minimum absolute atomic E-state index is 0.0266. The predicted octanol–water partition coefficient (Wildman–Crippen LogP) is 2.64. The van der Waals surface area contributed by atoms with Crippen molar-refractivity contribution in [2.75, 3.05) is 23.8 Å². The number of aliphatic hydroxyl groups excluding tert-OH is 2. The summed E-state index contributed by atoms with van der Waals surface area (Å²) in [5.74, 6) is -0.745. The molecule has 2 atom stereocenters. The van der Waals surface area contributed by atoms with E-state index in [1.807, 2.05) is 0 Å². The van der Waals surface area contributed by atoms with Crippen molar-refractivity contribution in [3.05, 3.63) is 53.6 Å². The van der Waals surface area contributed by atoms with Gasteiger partial charge in [0, 0.05) is 0 Å². The van der Waals surface area contributed by atoms with E-state index in [1.54, 1.807) is 30.3 Å². The summed E-state index contributed by atoms with van der Waals surface area (Å²) in [4.78, 5) is 23.8. The SMILES string of the molecule is O=C1COc2c(cc(C(F)(F)F)cc2NC(=O)NC(CO)CC(O)c2ccccc2)N1. The third-order valence-electron chi connectivity index (χ3n) is 4.53. The maximum absolute atomic E-state index is 13.2. The number of carbonyl (C=O) groups excluding carboxylic acids is 2. The number of carbonyl (C=O) groups is 2. The first-order chi connectivity index (χ1) is 14.7. The predicted molar refractivity (Wildman–Crippen MR) is 105 cm³/mol. The van der Waals surface area contributed by atoms with Gasteiger partial charge in [-0.05, 0) is 24.1 Å². The Morgan fingerprint density at radius 3 is 2.58 bits per heavy atom. The molecular formula is C20H20F3N3O5. The lowest BCUT2D eigenvalue weighted by atomic mass is 10.0. The van der Waals surface area contributed by atoms with Gasteiger partial charge in [-0.3, -0.25) is 4.79 Å². The number of benzene rings is 2. The number of fused-ring (bicyclic) bond motifs is 1. The van der Waals surface area contributed by atoms with E-state index in [-0.39, 0.29) is 23.5 Å². The minimum atomic E-state index is -4.72. The summed E-state index contributed by atoms with van der Waals surface area (Å²) in [5, 5.41) is 26.7. The average Bonchev–Trinajstić information content (AvgIpc) is 2.72. The quantitative estimate of drug-likeness (QED) is 0.474. The molecule has 1 aliphatic rings. The van der Waals surface area contributed by atoms with Gasteiger partial charge in [0.05, 0.1) is 35.7 Å². The highest BCUT2D eigenvalue weighted by Gasteiger charge is 2.34. The second kappa shape index (κ2) is 9.23. The molecule has 0 aliphatic carbocycles. The van der Waals surface area contributed by atoms with Crippen LogP contribution >= 0.6 is 0 Å². The number of ether oxygens (including phenoxy) is 1. The molecule has 3 rings (SSSR count). The molecule has 1 heterocycles. The van der Waals surface area contributed by atoms with Crippen LogP contribution in [-0.2, 0) is 11.0 Å². The van der Waals surface area contributed by atoms with Crippen molar-refractivity contribution in [1.29, 1.82) is 0 Å². The lowest BCUT2D eigenvalue weighted by molar-refractivity contribution is -0.137. The van der Waals surface area contributed by atoms with Gasteiger partial charge in [-0.1, -0.05) is 30.3 Å². The zero-order valence-electron chi connectivity index (χ0n) is 16.1. The van der Waals surface area contributed by atoms with Crippen LogP contribution in [0.2, 0.25) is 0 Å². The van der Waals surface area contributed by atoms with E-state index in [0.717, 1.165) is 0 Å².